The van der Waals surface area contributed by atoms with Gasteiger partial charge in [-0.1, -0.05) is 19.1 Å². The summed E-state index contributed by atoms with van der Waals surface area (Å²) < 4.78 is 0. The van der Waals surface area contributed by atoms with Gasteiger partial charge in [0, 0.05) is 12.1 Å². The molecule has 1 N–H and O–H groups in total. The van der Waals surface area contributed by atoms with Crippen LogP contribution in [0.3, 0.4) is 0 Å². The number of hydrogen-bond acceptors (Lipinski definition) is 4. The van der Waals surface area contributed by atoms with Gasteiger partial charge in [-0.2, -0.15) is 5.26 Å². The maximum Gasteiger partial charge on any atom is 0.148 e. The Morgan fingerprint density at radius 1 is 1.24 bits per heavy atom. The fraction of sp³-hybridized carbons (Fsp3) is 0.353. The van der Waals surface area contributed by atoms with Crippen molar-refractivity contribution in [2.75, 3.05) is 11.9 Å². The van der Waals surface area contributed by atoms with Crippen molar-refractivity contribution in [3.05, 3.63) is 42.0 Å². The lowest BCUT2D eigenvalue weighted by Crippen LogP contribution is -2.27. The van der Waals surface area contributed by atoms with Gasteiger partial charge in [0.1, 0.15) is 5.82 Å². The Hall–Kier alpha value is -2.41. The zero-order valence-electron chi connectivity index (χ0n) is 12.1. The topological polar surface area (TPSA) is 61.6 Å². The Bertz CT molecular complexity index is 651. The van der Waals surface area contributed by atoms with Crippen LogP contribution >= 0.6 is 0 Å². The van der Waals surface area contributed by atoms with Crippen LogP contribution in [0.15, 0.2) is 36.4 Å². The van der Waals surface area contributed by atoms with Gasteiger partial charge in [-0.05, 0) is 48.9 Å². The van der Waals surface area contributed by atoms with Gasteiger partial charge in [0.25, 0.3) is 0 Å². The predicted molar refractivity (Wildman–Crippen MR) is 82.6 cm³/mol. The van der Waals surface area contributed by atoms with Crippen molar-refractivity contribution in [3.8, 4) is 17.3 Å². The summed E-state index contributed by atoms with van der Waals surface area (Å²) in [6, 6.07) is 13.4. The summed E-state index contributed by atoms with van der Waals surface area (Å²) in [5, 5.41) is 20.7. The molecule has 106 valence electrons. The predicted octanol–water partition coefficient (Wildman–Crippen LogP) is 3.47. The summed E-state index contributed by atoms with van der Waals surface area (Å²) in [6.45, 7) is 3.27. The zero-order valence-corrected chi connectivity index (χ0v) is 12.1. The van der Waals surface area contributed by atoms with E-state index in [1.165, 1.54) is 12.8 Å². The summed E-state index contributed by atoms with van der Waals surface area (Å²) in [5.74, 6) is 2.46. The molecule has 0 unspecified atom stereocenters. The Labute approximate surface area is 124 Å². The van der Waals surface area contributed by atoms with Crippen molar-refractivity contribution in [2.24, 2.45) is 11.8 Å². The van der Waals surface area contributed by atoms with Gasteiger partial charge < -0.3 is 5.32 Å². The number of nitrogens with zero attached hydrogens (tertiary/aromatic N) is 3. The van der Waals surface area contributed by atoms with Crippen LogP contribution in [0.25, 0.3) is 11.3 Å². The minimum Gasteiger partial charge on any atom is -0.368 e. The van der Waals surface area contributed by atoms with E-state index in [9.17, 15) is 0 Å². The molecule has 3 rings (SSSR count). The first-order valence-corrected chi connectivity index (χ1v) is 7.33. The smallest absolute Gasteiger partial charge is 0.148 e. The first-order valence-electron chi connectivity index (χ1n) is 7.33. The fourth-order valence-electron chi connectivity index (χ4n) is 2.81. The second-order valence-electron chi connectivity index (χ2n) is 5.82. The molecule has 1 aromatic carbocycles. The van der Waals surface area contributed by atoms with Crippen molar-refractivity contribution in [2.45, 2.75) is 19.8 Å². The van der Waals surface area contributed by atoms with Crippen LogP contribution in [0.2, 0.25) is 0 Å². The Kier molecular flexibility index (Phi) is 3.83. The van der Waals surface area contributed by atoms with E-state index in [2.05, 4.69) is 28.5 Å². The molecule has 0 radical (unpaired) electrons. The zero-order chi connectivity index (χ0) is 14.7. The monoisotopic (exact) mass is 278 g/mol. The molecule has 0 aliphatic heterocycles. The molecule has 2 aromatic rings. The number of nitriles is 1. The maximum absolute atomic E-state index is 8.93. The van der Waals surface area contributed by atoms with Crippen molar-refractivity contribution < 1.29 is 0 Å². The van der Waals surface area contributed by atoms with Crippen LogP contribution in [0.4, 0.5) is 5.82 Å². The summed E-state index contributed by atoms with van der Waals surface area (Å²) in [7, 11) is 0. The molecule has 1 aromatic heterocycles. The van der Waals surface area contributed by atoms with E-state index in [-0.39, 0.29) is 0 Å². The first-order chi connectivity index (χ1) is 10.2. The molecule has 1 saturated carbocycles. The van der Waals surface area contributed by atoms with Gasteiger partial charge in [-0.25, -0.2) is 0 Å². The van der Waals surface area contributed by atoms with E-state index < -0.39 is 0 Å². The van der Waals surface area contributed by atoms with E-state index in [1.807, 2.05) is 30.3 Å². The molecule has 0 amide bonds. The van der Waals surface area contributed by atoms with E-state index in [0.29, 0.717) is 5.56 Å². The average Bonchev–Trinajstić information content (AvgIpc) is 2.51. The minimum atomic E-state index is 0.635. The minimum absolute atomic E-state index is 0.635. The van der Waals surface area contributed by atoms with Gasteiger partial charge in [-0.15, -0.1) is 10.2 Å². The standard InChI is InChI=1S/C17H18N4/c1-12-7-14(8-12)11-19-17-6-5-16(20-21-17)15-4-2-3-13(9-15)10-18/h2-6,9,12,14H,7-8,11H2,1H3,(H,19,21). The maximum atomic E-state index is 8.93. The number of anilines is 1. The number of aromatic nitrogens is 2. The van der Waals surface area contributed by atoms with Crippen LogP contribution in [0.5, 0.6) is 0 Å². The molecule has 0 atom stereocenters. The van der Waals surface area contributed by atoms with Crippen LogP contribution in [-0.4, -0.2) is 16.7 Å². The average molecular weight is 278 g/mol. The molecule has 0 saturated heterocycles. The third kappa shape index (κ3) is 3.19. The van der Waals surface area contributed by atoms with Crippen LogP contribution in [0.1, 0.15) is 25.3 Å². The van der Waals surface area contributed by atoms with Crippen molar-refractivity contribution in [1.29, 1.82) is 5.26 Å². The molecule has 1 heterocycles. The highest BCUT2D eigenvalue weighted by molar-refractivity contribution is 5.61. The Morgan fingerprint density at radius 2 is 2.10 bits per heavy atom. The van der Waals surface area contributed by atoms with E-state index in [4.69, 9.17) is 5.26 Å². The molecule has 0 bridgehead atoms. The normalized spacial score (nSPS) is 20.4. The quantitative estimate of drug-likeness (QED) is 0.930. The second kappa shape index (κ2) is 5.92. The van der Waals surface area contributed by atoms with Crippen molar-refractivity contribution in [3.63, 3.8) is 0 Å². The van der Waals surface area contributed by atoms with Crippen LogP contribution in [0, 0.1) is 23.2 Å². The summed E-state index contributed by atoms with van der Waals surface area (Å²) in [5.41, 5.74) is 2.34. The van der Waals surface area contributed by atoms with Gasteiger partial charge in [-0.3, -0.25) is 0 Å². The fourth-order valence-corrected chi connectivity index (χ4v) is 2.81. The number of benzene rings is 1. The lowest BCUT2D eigenvalue weighted by atomic mass is 9.76. The highest BCUT2D eigenvalue weighted by Gasteiger charge is 2.24. The molecule has 21 heavy (non-hydrogen) atoms. The highest BCUT2D eigenvalue weighted by Crippen LogP contribution is 2.32. The molecule has 1 aliphatic rings. The highest BCUT2D eigenvalue weighted by atomic mass is 15.2. The van der Waals surface area contributed by atoms with Gasteiger partial charge in [0.15, 0.2) is 0 Å². The molecule has 1 fully saturated rings. The van der Waals surface area contributed by atoms with Gasteiger partial charge in [0.2, 0.25) is 0 Å². The summed E-state index contributed by atoms with van der Waals surface area (Å²) in [6.07, 6.45) is 2.61. The summed E-state index contributed by atoms with van der Waals surface area (Å²) in [4.78, 5) is 0. The van der Waals surface area contributed by atoms with Crippen LogP contribution in [-0.2, 0) is 0 Å². The molecule has 1 aliphatic carbocycles. The molecular weight excluding hydrogens is 260 g/mol. The van der Waals surface area contributed by atoms with E-state index in [0.717, 1.165) is 35.5 Å². The van der Waals surface area contributed by atoms with Crippen molar-refractivity contribution in [1.82, 2.24) is 10.2 Å². The van der Waals surface area contributed by atoms with E-state index in [1.54, 1.807) is 6.07 Å². The summed E-state index contributed by atoms with van der Waals surface area (Å²) >= 11 is 0. The lowest BCUT2D eigenvalue weighted by molar-refractivity contribution is 0.225. The Morgan fingerprint density at radius 3 is 2.76 bits per heavy atom. The Balaban J connectivity index is 1.64. The first kappa shape index (κ1) is 13.6. The lowest BCUT2D eigenvalue weighted by Gasteiger charge is -2.32. The number of rotatable bonds is 4. The molecule has 4 heteroatoms. The van der Waals surface area contributed by atoms with Gasteiger partial charge in [0.05, 0.1) is 17.3 Å². The largest absolute Gasteiger partial charge is 0.368 e. The third-order valence-electron chi connectivity index (χ3n) is 4.00. The number of hydrogen-bond donors (Lipinski definition) is 1. The van der Waals surface area contributed by atoms with E-state index >= 15 is 0 Å². The molecule has 4 nitrogen and oxygen atoms in total. The molecular formula is C17H18N4. The second-order valence-corrected chi connectivity index (χ2v) is 5.82. The third-order valence-corrected chi connectivity index (χ3v) is 4.00. The van der Waals surface area contributed by atoms with Gasteiger partial charge >= 0.3 is 0 Å². The number of nitrogens with one attached hydrogen (secondary N) is 1. The molecule has 0 spiro atoms. The SMILES string of the molecule is CC1CC(CNc2ccc(-c3cccc(C#N)c3)nn2)C1. The van der Waals surface area contributed by atoms with Crippen molar-refractivity contribution >= 4 is 5.82 Å². The van der Waals surface area contributed by atoms with Crippen LogP contribution < -0.4 is 5.32 Å².